The highest BCUT2D eigenvalue weighted by molar-refractivity contribution is 7.89. The van der Waals surface area contributed by atoms with Crippen molar-refractivity contribution >= 4 is 21.9 Å². The Bertz CT molecular complexity index is 770. The number of nitrogens with one attached hydrogen (secondary N) is 1. The first-order valence-corrected chi connectivity index (χ1v) is 12.1. The number of carbonyl (C=O) groups is 2. The summed E-state index contributed by atoms with van der Waals surface area (Å²) in [5.74, 6) is -0.624. The van der Waals surface area contributed by atoms with Crippen molar-refractivity contribution in [1.82, 2.24) is 9.62 Å². The van der Waals surface area contributed by atoms with Crippen molar-refractivity contribution in [3.05, 3.63) is 10.4 Å². The van der Waals surface area contributed by atoms with E-state index >= 15 is 0 Å². The van der Waals surface area contributed by atoms with E-state index < -0.39 is 15.6 Å². The minimum Gasteiger partial charge on any atom is -0.460 e. The molecule has 1 heterocycles. The van der Waals surface area contributed by atoms with Crippen LogP contribution in [0.2, 0.25) is 0 Å². The van der Waals surface area contributed by atoms with E-state index in [0.29, 0.717) is 19.5 Å². The predicted octanol–water partition coefficient (Wildman–Crippen LogP) is 2.36. The van der Waals surface area contributed by atoms with Gasteiger partial charge in [0.1, 0.15) is 5.60 Å². The monoisotopic (exact) mass is 443 g/mol. The zero-order chi connectivity index (χ0) is 22.4. The van der Waals surface area contributed by atoms with Gasteiger partial charge in [0.25, 0.3) is 0 Å². The Morgan fingerprint density at radius 2 is 1.90 bits per heavy atom. The minimum atomic E-state index is -3.44. The molecule has 2 rings (SSSR count). The fourth-order valence-electron chi connectivity index (χ4n) is 4.08. The molecule has 0 atom stereocenters. The van der Waals surface area contributed by atoms with Gasteiger partial charge >= 0.3 is 5.97 Å². The zero-order valence-corrected chi connectivity index (χ0v) is 18.9. The molecule has 10 nitrogen and oxygen atoms in total. The number of esters is 1. The topological polar surface area (TPSA) is 142 Å². The van der Waals surface area contributed by atoms with E-state index in [1.165, 1.54) is 4.31 Å². The lowest BCUT2D eigenvalue weighted by atomic mass is 9.58. The molecule has 1 spiro atoms. The maximum Gasteiger partial charge on any atom is 0.309 e. The van der Waals surface area contributed by atoms with Gasteiger partial charge in [0, 0.05) is 37.5 Å². The molecule has 1 saturated heterocycles. The average Bonchev–Trinajstić information content (AvgIpc) is 2.61. The molecule has 0 bridgehead atoms. The molecule has 11 heteroatoms. The van der Waals surface area contributed by atoms with Crippen LogP contribution >= 0.6 is 0 Å². The first-order chi connectivity index (χ1) is 14.0. The van der Waals surface area contributed by atoms with Crippen LogP contribution in [0.1, 0.15) is 59.3 Å². The van der Waals surface area contributed by atoms with Crippen LogP contribution in [0.15, 0.2) is 5.11 Å². The average molecular weight is 444 g/mol. The largest absolute Gasteiger partial charge is 0.460 e. The number of sulfonamides is 1. The molecule has 0 radical (unpaired) electrons. The fourth-order valence-corrected chi connectivity index (χ4v) is 5.43. The molecule has 1 amide bonds. The highest BCUT2D eigenvalue weighted by Gasteiger charge is 2.50. The second-order valence-electron chi connectivity index (χ2n) is 9.26. The van der Waals surface area contributed by atoms with Gasteiger partial charge in [-0.05, 0) is 63.8 Å². The van der Waals surface area contributed by atoms with E-state index in [1.807, 2.05) is 20.8 Å². The molecule has 1 aliphatic carbocycles. The molecule has 1 N–H and O–H groups in total. The van der Waals surface area contributed by atoms with Crippen LogP contribution in [0.5, 0.6) is 0 Å². The third-order valence-electron chi connectivity index (χ3n) is 5.68. The SMILES string of the molecule is CC(C)(C)OC(=O)C1CC2(CCN(S(=O)(=O)CCNC(=O)CCCN=[N+]=[N-])CC2)C1. The van der Waals surface area contributed by atoms with E-state index in [9.17, 15) is 18.0 Å². The first-order valence-electron chi connectivity index (χ1n) is 10.4. The molecule has 2 fully saturated rings. The predicted molar refractivity (Wildman–Crippen MR) is 112 cm³/mol. The second-order valence-corrected chi connectivity index (χ2v) is 11.4. The number of carbonyl (C=O) groups excluding carboxylic acids is 2. The first kappa shape index (κ1) is 24.4. The normalized spacial score (nSPS) is 19.6. The number of ether oxygens (including phenoxy) is 1. The highest BCUT2D eigenvalue weighted by atomic mass is 32.2. The van der Waals surface area contributed by atoms with Gasteiger partial charge in [0.05, 0.1) is 11.7 Å². The molecule has 1 aliphatic heterocycles. The van der Waals surface area contributed by atoms with E-state index in [0.717, 1.165) is 25.7 Å². The van der Waals surface area contributed by atoms with Crippen molar-refractivity contribution in [2.24, 2.45) is 16.4 Å². The molecule has 0 unspecified atom stereocenters. The summed E-state index contributed by atoms with van der Waals surface area (Å²) >= 11 is 0. The third-order valence-corrected chi connectivity index (χ3v) is 7.55. The van der Waals surface area contributed by atoms with Gasteiger partial charge in [-0.25, -0.2) is 12.7 Å². The van der Waals surface area contributed by atoms with Crippen LogP contribution in [0.3, 0.4) is 0 Å². The number of hydrogen-bond donors (Lipinski definition) is 1. The molecular formula is C19H33N5O5S. The van der Waals surface area contributed by atoms with E-state index in [4.69, 9.17) is 10.3 Å². The quantitative estimate of drug-likeness (QED) is 0.191. The molecule has 2 aliphatic rings. The summed E-state index contributed by atoms with van der Waals surface area (Å²) < 4.78 is 32.1. The van der Waals surface area contributed by atoms with Gasteiger partial charge in [-0.15, -0.1) is 0 Å². The smallest absolute Gasteiger partial charge is 0.309 e. The lowest BCUT2D eigenvalue weighted by Crippen LogP contribution is -2.51. The lowest BCUT2D eigenvalue weighted by Gasteiger charge is -2.51. The van der Waals surface area contributed by atoms with Crippen LogP contribution in [0, 0.1) is 11.3 Å². The fraction of sp³-hybridized carbons (Fsp3) is 0.895. The second kappa shape index (κ2) is 9.98. The lowest BCUT2D eigenvalue weighted by molar-refractivity contribution is -0.170. The molecule has 0 aromatic carbocycles. The summed E-state index contributed by atoms with van der Waals surface area (Å²) in [6.45, 7) is 6.77. The Kier molecular flexibility index (Phi) is 8.13. The Morgan fingerprint density at radius 3 is 2.47 bits per heavy atom. The summed E-state index contributed by atoms with van der Waals surface area (Å²) in [4.78, 5) is 26.5. The highest BCUT2D eigenvalue weighted by Crippen LogP contribution is 2.53. The van der Waals surface area contributed by atoms with Gasteiger partial charge in [-0.2, -0.15) is 0 Å². The molecule has 0 aromatic rings. The maximum atomic E-state index is 12.6. The van der Waals surface area contributed by atoms with Gasteiger partial charge in [0.2, 0.25) is 15.9 Å². The molecule has 1 saturated carbocycles. The number of amides is 1. The standard InChI is InChI=1S/C19H33N5O5S/c1-18(2,3)29-17(26)15-13-19(14-15)6-10-24(11-7-19)30(27,28)12-9-21-16(25)5-4-8-22-23-20/h15H,4-14H2,1-3H3,(H,21,25). The maximum absolute atomic E-state index is 12.6. The number of nitrogens with zero attached hydrogens (tertiary/aromatic N) is 4. The molecular weight excluding hydrogens is 410 g/mol. The van der Waals surface area contributed by atoms with Crippen molar-refractivity contribution in [3.8, 4) is 0 Å². The van der Waals surface area contributed by atoms with E-state index in [1.54, 1.807) is 0 Å². The molecule has 170 valence electrons. The summed E-state index contributed by atoms with van der Waals surface area (Å²) in [5, 5.41) is 5.95. The van der Waals surface area contributed by atoms with Crippen molar-refractivity contribution in [2.75, 3.05) is 31.9 Å². The Balaban J connectivity index is 1.70. The van der Waals surface area contributed by atoms with Crippen LogP contribution < -0.4 is 5.32 Å². The Hall–Kier alpha value is -1.84. The summed E-state index contributed by atoms with van der Waals surface area (Å²) in [6.07, 6.45) is 3.66. The Labute approximate surface area is 178 Å². The molecule has 0 aromatic heterocycles. The van der Waals surface area contributed by atoms with Crippen molar-refractivity contribution < 1.29 is 22.7 Å². The van der Waals surface area contributed by atoms with Crippen LogP contribution in [0.25, 0.3) is 10.4 Å². The van der Waals surface area contributed by atoms with Crippen LogP contribution in [-0.2, 0) is 24.3 Å². The van der Waals surface area contributed by atoms with Gasteiger partial charge in [-0.1, -0.05) is 5.11 Å². The Morgan fingerprint density at radius 1 is 1.27 bits per heavy atom. The van der Waals surface area contributed by atoms with Crippen LogP contribution in [0.4, 0.5) is 0 Å². The van der Waals surface area contributed by atoms with E-state index in [-0.39, 0.29) is 48.5 Å². The number of piperidine rings is 1. The van der Waals surface area contributed by atoms with E-state index in [2.05, 4.69) is 15.3 Å². The van der Waals surface area contributed by atoms with Crippen molar-refractivity contribution in [1.29, 1.82) is 0 Å². The van der Waals surface area contributed by atoms with Gasteiger partial charge in [-0.3, -0.25) is 9.59 Å². The number of hydrogen-bond acceptors (Lipinski definition) is 6. The number of rotatable bonds is 9. The number of azide groups is 1. The third kappa shape index (κ3) is 7.14. The van der Waals surface area contributed by atoms with Crippen molar-refractivity contribution in [2.45, 2.75) is 64.9 Å². The summed E-state index contributed by atoms with van der Waals surface area (Å²) in [7, 11) is -3.44. The van der Waals surface area contributed by atoms with Crippen molar-refractivity contribution in [3.63, 3.8) is 0 Å². The molecule has 30 heavy (non-hydrogen) atoms. The summed E-state index contributed by atoms with van der Waals surface area (Å²) in [5.41, 5.74) is 7.74. The zero-order valence-electron chi connectivity index (χ0n) is 18.1. The van der Waals surface area contributed by atoms with Gasteiger partial charge in [0.15, 0.2) is 0 Å². The minimum absolute atomic E-state index is 0.0493. The van der Waals surface area contributed by atoms with Gasteiger partial charge < -0.3 is 10.1 Å². The summed E-state index contributed by atoms with van der Waals surface area (Å²) in [6, 6.07) is 0. The van der Waals surface area contributed by atoms with Crippen LogP contribution in [-0.4, -0.2) is 62.1 Å².